The maximum Gasteiger partial charge on any atom is 0.350 e. The SMILES string of the molecule is CCOC(=O)c1sc(N2CC[C@@H](NC(=O)c3nc(Cl)c(CC)[nH]3)[C@@H](OCC)C2)nc1C. The van der Waals surface area contributed by atoms with Gasteiger partial charge in [0.25, 0.3) is 5.91 Å². The fourth-order valence-electron chi connectivity index (χ4n) is 3.51. The maximum absolute atomic E-state index is 12.7. The van der Waals surface area contributed by atoms with E-state index in [1.807, 2.05) is 13.8 Å². The molecule has 0 radical (unpaired) electrons. The zero-order chi connectivity index (χ0) is 22.5. The Morgan fingerprint density at radius 3 is 2.71 bits per heavy atom. The number of hydrogen-bond acceptors (Lipinski definition) is 8. The molecular weight excluding hydrogens is 442 g/mol. The molecule has 2 aromatic rings. The second-order valence-electron chi connectivity index (χ2n) is 7.15. The molecule has 0 aliphatic carbocycles. The monoisotopic (exact) mass is 469 g/mol. The fourth-order valence-corrected chi connectivity index (χ4v) is 4.77. The second kappa shape index (κ2) is 10.4. The average molecular weight is 470 g/mol. The van der Waals surface area contributed by atoms with Gasteiger partial charge in [0.2, 0.25) is 0 Å². The van der Waals surface area contributed by atoms with Crippen molar-refractivity contribution >= 4 is 39.9 Å². The van der Waals surface area contributed by atoms with Gasteiger partial charge in [-0.15, -0.1) is 0 Å². The number of imidazole rings is 1. The van der Waals surface area contributed by atoms with E-state index in [2.05, 4.69) is 25.2 Å². The summed E-state index contributed by atoms with van der Waals surface area (Å²) in [6, 6.07) is -0.178. The molecule has 31 heavy (non-hydrogen) atoms. The minimum atomic E-state index is -0.351. The lowest BCUT2D eigenvalue weighted by atomic mass is 10.0. The number of piperidine rings is 1. The van der Waals surface area contributed by atoms with Crippen LogP contribution in [0.3, 0.4) is 0 Å². The number of nitrogens with one attached hydrogen (secondary N) is 2. The molecule has 3 rings (SSSR count). The third-order valence-corrected chi connectivity index (χ3v) is 6.58. The van der Waals surface area contributed by atoms with E-state index in [1.54, 1.807) is 13.8 Å². The van der Waals surface area contributed by atoms with Crippen LogP contribution in [0.5, 0.6) is 0 Å². The minimum Gasteiger partial charge on any atom is -0.462 e. The molecule has 3 heterocycles. The number of H-pyrrole nitrogens is 1. The number of esters is 1. The van der Waals surface area contributed by atoms with Gasteiger partial charge >= 0.3 is 5.97 Å². The molecule has 0 unspecified atom stereocenters. The van der Waals surface area contributed by atoms with Crippen molar-refractivity contribution in [3.63, 3.8) is 0 Å². The number of rotatable bonds is 8. The Morgan fingerprint density at radius 2 is 2.06 bits per heavy atom. The number of hydrogen-bond donors (Lipinski definition) is 2. The summed E-state index contributed by atoms with van der Waals surface area (Å²) in [6.45, 7) is 9.50. The zero-order valence-corrected chi connectivity index (χ0v) is 19.7. The Labute approximate surface area is 190 Å². The van der Waals surface area contributed by atoms with Crippen molar-refractivity contribution in [3.05, 3.63) is 27.2 Å². The van der Waals surface area contributed by atoms with Crippen molar-refractivity contribution in [3.8, 4) is 0 Å². The van der Waals surface area contributed by atoms with E-state index < -0.39 is 0 Å². The van der Waals surface area contributed by atoms with E-state index in [4.69, 9.17) is 21.1 Å². The molecule has 2 atom stereocenters. The third kappa shape index (κ3) is 5.36. The summed E-state index contributed by atoms with van der Waals surface area (Å²) < 4.78 is 11.0. The summed E-state index contributed by atoms with van der Waals surface area (Å²) in [5, 5.41) is 4.09. The molecule has 1 aliphatic rings. The first-order valence-corrected chi connectivity index (χ1v) is 11.6. The standard InChI is InChI=1S/C20H28ClN5O4S/c1-5-12-16(21)25-17(23-12)18(27)24-13-8-9-26(10-14(13)29-6-2)20-22-11(4)15(31-20)19(28)30-7-3/h13-14H,5-10H2,1-4H3,(H,23,25)(H,24,27)/t13-,14+/m1/s1. The first-order valence-electron chi connectivity index (χ1n) is 10.4. The summed E-state index contributed by atoms with van der Waals surface area (Å²) in [5.41, 5.74) is 1.39. The first kappa shape index (κ1) is 23.5. The number of carbonyl (C=O) groups excluding carboxylic acids is 2. The fraction of sp³-hybridized carbons (Fsp3) is 0.600. The average Bonchev–Trinajstić information content (AvgIpc) is 3.32. The summed E-state index contributed by atoms with van der Waals surface area (Å²) in [5.74, 6) is -0.454. The van der Waals surface area contributed by atoms with Gasteiger partial charge in [0.15, 0.2) is 16.1 Å². The van der Waals surface area contributed by atoms with E-state index in [0.717, 1.165) is 10.8 Å². The summed E-state index contributed by atoms with van der Waals surface area (Å²) in [6.07, 6.45) is 1.10. The molecule has 11 heteroatoms. The van der Waals surface area contributed by atoms with Gasteiger partial charge in [0, 0.05) is 19.7 Å². The minimum absolute atomic E-state index is 0.178. The van der Waals surface area contributed by atoms with Crippen molar-refractivity contribution in [2.75, 3.05) is 31.2 Å². The predicted octanol–water partition coefficient (Wildman–Crippen LogP) is 2.98. The van der Waals surface area contributed by atoms with Gasteiger partial charge in [-0.1, -0.05) is 29.9 Å². The van der Waals surface area contributed by atoms with Gasteiger partial charge in [-0.25, -0.2) is 14.8 Å². The lowest BCUT2D eigenvalue weighted by Crippen LogP contribution is -2.55. The van der Waals surface area contributed by atoms with Gasteiger partial charge in [0.05, 0.1) is 30.1 Å². The molecule has 2 N–H and O–H groups in total. The molecule has 1 amide bonds. The molecule has 0 aromatic carbocycles. The third-order valence-electron chi connectivity index (χ3n) is 5.07. The van der Waals surface area contributed by atoms with Crippen molar-refractivity contribution < 1.29 is 19.1 Å². The highest BCUT2D eigenvalue weighted by molar-refractivity contribution is 7.17. The van der Waals surface area contributed by atoms with Crippen molar-refractivity contribution in [1.82, 2.24) is 20.3 Å². The smallest absolute Gasteiger partial charge is 0.350 e. The topological polar surface area (TPSA) is 109 Å². The zero-order valence-electron chi connectivity index (χ0n) is 18.2. The number of nitrogens with zero attached hydrogens (tertiary/aromatic N) is 3. The van der Waals surface area contributed by atoms with Crippen LogP contribution in [0.15, 0.2) is 0 Å². The second-order valence-corrected chi connectivity index (χ2v) is 8.48. The predicted molar refractivity (Wildman–Crippen MR) is 119 cm³/mol. The van der Waals surface area contributed by atoms with Crippen LogP contribution in [0.1, 0.15) is 58.9 Å². The number of aryl methyl sites for hydroxylation is 2. The van der Waals surface area contributed by atoms with Gasteiger partial charge in [-0.3, -0.25) is 4.79 Å². The Kier molecular flexibility index (Phi) is 7.90. The molecule has 0 spiro atoms. The number of amides is 1. The number of aromatic amines is 1. The molecule has 0 saturated carbocycles. The summed E-state index contributed by atoms with van der Waals surface area (Å²) in [4.78, 5) is 39.1. The Morgan fingerprint density at radius 1 is 1.29 bits per heavy atom. The number of ether oxygens (including phenoxy) is 2. The Balaban J connectivity index is 1.69. The van der Waals surface area contributed by atoms with E-state index in [0.29, 0.717) is 54.9 Å². The molecule has 1 fully saturated rings. The van der Waals surface area contributed by atoms with Crippen molar-refractivity contribution in [2.45, 2.75) is 52.7 Å². The van der Waals surface area contributed by atoms with Crippen LogP contribution in [0.2, 0.25) is 5.15 Å². The van der Waals surface area contributed by atoms with Gasteiger partial charge in [-0.05, 0) is 33.6 Å². The molecular formula is C20H28ClN5O4S. The largest absolute Gasteiger partial charge is 0.462 e. The Bertz CT molecular complexity index is 931. The summed E-state index contributed by atoms with van der Waals surface area (Å²) >= 11 is 7.38. The highest BCUT2D eigenvalue weighted by Gasteiger charge is 2.33. The van der Waals surface area contributed by atoms with Crippen molar-refractivity contribution in [1.29, 1.82) is 0 Å². The molecule has 9 nitrogen and oxygen atoms in total. The van der Waals surface area contributed by atoms with Gasteiger partial charge in [-0.2, -0.15) is 0 Å². The Hall–Kier alpha value is -2.17. The molecule has 170 valence electrons. The lowest BCUT2D eigenvalue weighted by molar-refractivity contribution is 0.0271. The highest BCUT2D eigenvalue weighted by Crippen LogP contribution is 2.29. The number of thiazole rings is 1. The molecule has 0 bridgehead atoms. The molecule has 1 saturated heterocycles. The van der Waals surface area contributed by atoms with Gasteiger partial charge in [0.1, 0.15) is 4.88 Å². The normalized spacial score (nSPS) is 18.8. The van der Waals surface area contributed by atoms with Gasteiger partial charge < -0.3 is 24.7 Å². The number of anilines is 1. The van der Waals surface area contributed by atoms with E-state index in [9.17, 15) is 9.59 Å². The van der Waals surface area contributed by atoms with Crippen LogP contribution in [-0.2, 0) is 15.9 Å². The number of carbonyl (C=O) groups is 2. The van der Waals surface area contributed by atoms with Crippen LogP contribution < -0.4 is 10.2 Å². The maximum atomic E-state index is 12.7. The molecule has 2 aromatic heterocycles. The lowest BCUT2D eigenvalue weighted by Gasteiger charge is -2.38. The number of aromatic nitrogens is 3. The van der Waals surface area contributed by atoms with Crippen LogP contribution in [-0.4, -0.2) is 65.3 Å². The summed E-state index contributed by atoms with van der Waals surface area (Å²) in [7, 11) is 0. The first-order chi connectivity index (χ1) is 14.9. The highest BCUT2D eigenvalue weighted by atomic mass is 35.5. The van der Waals surface area contributed by atoms with Crippen LogP contribution in [0.4, 0.5) is 5.13 Å². The van der Waals surface area contributed by atoms with E-state index >= 15 is 0 Å². The van der Waals surface area contributed by atoms with Crippen molar-refractivity contribution in [2.24, 2.45) is 0 Å². The quantitative estimate of drug-likeness (QED) is 0.572. The molecule has 1 aliphatic heterocycles. The van der Waals surface area contributed by atoms with E-state index in [1.165, 1.54) is 11.3 Å². The van der Waals surface area contributed by atoms with Crippen LogP contribution >= 0.6 is 22.9 Å². The van der Waals surface area contributed by atoms with E-state index in [-0.39, 0.29) is 29.8 Å². The number of halogens is 1. The van der Waals surface area contributed by atoms with Crippen LogP contribution in [0.25, 0.3) is 0 Å². The van der Waals surface area contributed by atoms with Crippen LogP contribution in [0, 0.1) is 6.92 Å².